The molecule has 1 amide bonds. The first kappa shape index (κ1) is 17.8. The van der Waals surface area contributed by atoms with Crippen LogP contribution in [-0.2, 0) is 9.84 Å². The fourth-order valence-electron chi connectivity index (χ4n) is 2.31. The molecule has 0 atom stereocenters. The Morgan fingerprint density at radius 2 is 1.77 bits per heavy atom. The van der Waals surface area contributed by atoms with Crippen LogP contribution >= 0.6 is 0 Å². The Balaban J connectivity index is 1.82. The van der Waals surface area contributed by atoms with E-state index in [0.717, 1.165) is 5.56 Å². The number of carbonyl (C=O) groups excluding carboxylic acids is 1. The molecule has 0 saturated heterocycles. The molecule has 0 aliphatic heterocycles. The Bertz CT molecular complexity index is 1040. The lowest BCUT2D eigenvalue weighted by atomic mass is 10.2. The Labute approximate surface area is 151 Å². The Hall–Kier alpha value is -3.06. The number of sulfone groups is 1. The molecule has 0 aliphatic carbocycles. The summed E-state index contributed by atoms with van der Waals surface area (Å²) in [5.41, 5.74) is 1.45. The smallest absolute Gasteiger partial charge is 0.291 e. The van der Waals surface area contributed by atoms with Gasteiger partial charge in [0, 0.05) is 11.8 Å². The van der Waals surface area contributed by atoms with Crippen molar-refractivity contribution in [2.45, 2.75) is 16.9 Å². The molecule has 0 saturated carbocycles. The molecule has 3 aromatic rings. The van der Waals surface area contributed by atoms with E-state index in [4.69, 9.17) is 9.15 Å². The highest BCUT2D eigenvalue weighted by Crippen LogP contribution is 2.24. The van der Waals surface area contributed by atoms with Crippen molar-refractivity contribution in [3.8, 4) is 5.75 Å². The van der Waals surface area contributed by atoms with Crippen LogP contribution in [0.15, 0.2) is 75.1 Å². The van der Waals surface area contributed by atoms with Crippen LogP contribution in [0.4, 0.5) is 5.69 Å². The summed E-state index contributed by atoms with van der Waals surface area (Å²) in [7, 11) is -2.30. The second-order valence-corrected chi connectivity index (χ2v) is 7.50. The monoisotopic (exact) mass is 371 g/mol. The first-order chi connectivity index (χ1) is 12.4. The highest BCUT2D eigenvalue weighted by molar-refractivity contribution is 7.91. The first-order valence-electron chi connectivity index (χ1n) is 7.77. The van der Waals surface area contributed by atoms with Crippen molar-refractivity contribution in [2.75, 3.05) is 12.4 Å². The number of hydrogen-bond donors (Lipinski definition) is 1. The summed E-state index contributed by atoms with van der Waals surface area (Å²) in [6.45, 7) is 1.87. The topological polar surface area (TPSA) is 85.6 Å². The van der Waals surface area contributed by atoms with Crippen molar-refractivity contribution >= 4 is 21.4 Å². The summed E-state index contributed by atoms with van der Waals surface area (Å²) in [6.07, 6.45) is 0. The summed E-state index contributed by atoms with van der Waals surface area (Å²) in [5, 5.41) is 2.36. The van der Waals surface area contributed by atoms with E-state index in [1.165, 1.54) is 31.4 Å². The van der Waals surface area contributed by atoms with Gasteiger partial charge < -0.3 is 14.5 Å². The van der Waals surface area contributed by atoms with Gasteiger partial charge in [0.25, 0.3) is 5.91 Å². The molecule has 1 aromatic heterocycles. The Morgan fingerprint density at radius 1 is 1.04 bits per heavy atom. The number of furan rings is 1. The van der Waals surface area contributed by atoms with E-state index in [2.05, 4.69) is 5.32 Å². The van der Waals surface area contributed by atoms with Crippen LogP contribution in [0.1, 0.15) is 16.1 Å². The van der Waals surface area contributed by atoms with Gasteiger partial charge in [-0.1, -0.05) is 23.8 Å². The number of rotatable bonds is 5. The molecular weight excluding hydrogens is 354 g/mol. The van der Waals surface area contributed by atoms with E-state index >= 15 is 0 Å². The predicted octanol–water partition coefficient (Wildman–Crippen LogP) is 3.68. The van der Waals surface area contributed by atoms with Crippen LogP contribution in [0.5, 0.6) is 5.75 Å². The second-order valence-electron chi connectivity index (χ2n) is 5.62. The Kier molecular flexibility index (Phi) is 4.81. The van der Waals surface area contributed by atoms with Crippen LogP contribution < -0.4 is 10.1 Å². The van der Waals surface area contributed by atoms with Gasteiger partial charge in [0.15, 0.2) is 5.76 Å². The molecule has 6 nitrogen and oxygen atoms in total. The van der Waals surface area contributed by atoms with Crippen molar-refractivity contribution in [1.82, 2.24) is 0 Å². The van der Waals surface area contributed by atoms with E-state index in [-0.39, 0.29) is 15.7 Å². The minimum absolute atomic E-state index is 0.0986. The van der Waals surface area contributed by atoms with Gasteiger partial charge in [-0.25, -0.2) is 8.42 Å². The van der Waals surface area contributed by atoms with Crippen molar-refractivity contribution in [2.24, 2.45) is 0 Å². The predicted molar refractivity (Wildman–Crippen MR) is 96.3 cm³/mol. The standard InChI is InChI=1S/C19H17NO5S/c1-13-6-8-16(9-7-13)26(22,23)18-11-10-17(25-18)19(21)20-14-4-3-5-15(12-14)24-2/h3-12H,1-2H3,(H,20,21). The number of carbonyl (C=O) groups is 1. The van der Waals surface area contributed by atoms with Gasteiger partial charge >= 0.3 is 0 Å². The second kappa shape index (κ2) is 7.05. The molecule has 0 aliphatic rings. The average Bonchev–Trinajstić information content (AvgIpc) is 3.13. The summed E-state index contributed by atoms with van der Waals surface area (Å²) < 4.78 is 35.5. The van der Waals surface area contributed by atoms with E-state index in [1.807, 2.05) is 6.92 Å². The zero-order valence-electron chi connectivity index (χ0n) is 14.2. The number of anilines is 1. The highest BCUT2D eigenvalue weighted by atomic mass is 32.2. The first-order valence-corrected chi connectivity index (χ1v) is 9.25. The van der Waals surface area contributed by atoms with Gasteiger partial charge in [0.05, 0.1) is 12.0 Å². The van der Waals surface area contributed by atoms with Crippen molar-refractivity contribution in [3.05, 3.63) is 72.0 Å². The molecule has 0 bridgehead atoms. The fraction of sp³-hybridized carbons (Fsp3) is 0.105. The maximum absolute atomic E-state index is 12.6. The number of aryl methyl sites for hydroxylation is 1. The summed E-state index contributed by atoms with van der Waals surface area (Å²) in [5.74, 6) is -0.0630. The van der Waals surface area contributed by atoms with Gasteiger partial charge in [-0.15, -0.1) is 0 Å². The van der Waals surface area contributed by atoms with Crippen LogP contribution in [0.25, 0.3) is 0 Å². The number of ether oxygens (including phenoxy) is 1. The number of hydrogen-bond acceptors (Lipinski definition) is 5. The normalized spacial score (nSPS) is 11.2. The number of methoxy groups -OCH3 is 1. The highest BCUT2D eigenvalue weighted by Gasteiger charge is 2.23. The van der Waals surface area contributed by atoms with Gasteiger partial charge in [-0.3, -0.25) is 4.79 Å². The van der Waals surface area contributed by atoms with Crippen LogP contribution in [0.2, 0.25) is 0 Å². The molecule has 26 heavy (non-hydrogen) atoms. The molecule has 7 heteroatoms. The van der Waals surface area contributed by atoms with Crippen LogP contribution in [0, 0.1) is 6.92 Å². The van der Waals surface area contributed by atoms with Gasteiger partial charge in [-0.05, 0) is 43.3 Å². The number of amides is 1. The Morgan fingerprint density at radius 3 is 2.46 bits per heavy atom. The lowest BCUT2D eigenvalue weighted by Crippen LogP contribution is -2.11. The third kappa shape index (κ3) is 3.62. The summed E-state index contributed by atoms with van der Waals surface area (Å²) in [6, 6.07) is 15.8. The largest absolute Gasteiger partial charge is 0.497 e. The van der Waals surface area contributed by atoms with Crippen molar-refractivity contribution < 1.29 is 22.4 Å². The average molecular weight is 371 g/mol. The third-order valence-electron chi connectivity index (χ3n) is 3.73. The number of benzene rings is 2. The molecule has 0 fully saturated rings. The zero-order chi connectivity index (χ0) is 18.7. The van der Waals surface area contributed by atoms with E-state index in [0.29, 0.717) is 11.4 Å². The van der Waals surface area contributed by atoms with E-state index in [9.17, 15) is 13.2 Å². The summed E-state index contributed by atoms with van der Waals surface area (Å²) >= 11 is 0. The summed E-state index contributed by atoms with van der Waals surface area (Å²) in [4.78, 5) is 12.4. The van der Waals surface area contributed by atoms with Crippen molar-refractivity contribution in [3.63, 3.8) is 0 Å². The maximum atomic E-state index is 12.6. The van der Waals surface area contributed by atoms with Gasteiger partial charge in [0.1, 0.15) is 5.75 Å². The molecular formula is C19H17NO5S. The van der Waals surface area contributed by atoms with Crippen molar-refractivity contribution in [1.29, 1.82) is 0 Å². The molecule has 0 unspecified atom stereocenters. The van der Waals surface area contributed by atoms with Gasteiger partial charge in [0.2, 0.25) is 14.9 Å². The molecule has 0 radical (unpaired) electrons. The van der Waals surface area contributed by atoms with Gasteiger partial charge in [-0.2, -0.15) is 0 Å². The van der Waals surface area contributed by atoms with Crippen LogP contribution in [-0.4, -0.2) is 21.4 Å². The maximum Gasteiger partial charge on any atom is 0.291 e. The lowest BCUT2D eigenvalue weighted by molar-refractivity contribution is 0.0991. The SMILES string of the molecule is COc1cccc(NC(=O)c2ccc(S(=O)(=O)c3ccc(C)cc3)o2)c1. The molecule has 0 spiro atoms. The minimum Gasteiger partial charge on any atom is -0.497 e. The minimum atomic E-state index is -3.82. The van der Waals surface area contributed by atoms with Crippen LogP contribution in [0.3, 0.4) is 0 Å². The molecule has 2 aromatic carbocycles. The lowest BCUT2D eigenvalue weighted by Gasteiger charge is -2.05. The van der Waals surface area contributed by atoms with E-state index in [1.54, 1.807) is 36.4 Å². The third-order valence-corrected chi connectivity index (χ3v) is 5.37. The van der Waals surface area contributed by atoms with E-state index < -0.39 is 15.7 Å². The molecule has 134 valence electrons. The quantitative estimate of drug-likeness (QED) is 0.739. The molecule has 1 N–H and O–H groups in total. The number of nitrogens with one attached hydrogen (secondary N) is 1. The fourth-order valence-corrected chi connectivity index (χ4v) is 3.49. The zero-order valence-corrected chi connectivity index (χ0v) is 15.0. The molecule has 3 rings (SSSR count). The molecule has 1 heterocycles.